The van der Waals surface area contributed by atoms with Crippen LogP contribution < -0.4 is 0 Å². The summed E-state index contributed by atoms with van der Waals surface area (Å²) >= 11 is 0. The molecule has 0 unspecified atom stereocenters. The summed E-state index contributed by atoms with van der Waals surface area (Å²) in [6.45, 7) is 8.00. The number of hydrogen-bond acceptors (Lipinski definition) is 3. The number of fused-ring (bicyclic) bond motifs is 1. The predicted molar refractivity (Wildman–Crippen MR) is 146 cm³/mol. The fourth-order valence-electron chi connectivity index (χ4n) is 3.76. The molecule has 4 rings (SSSR count). The average molecular weight is 657 g/mol. The third-order valence-corrected chi connectivity index (χ3v) is 5.34. The number of ketones is 1. The number of allylic oxidation sites excluding steroid dienone is 2. The number of nitrogens with zero attached hydrogens (tertiary/aromatic N) is 1. The minimum absolute atomic E-state index is 0. The van der Waals surface area contributed by atoms with Gasteiger partial charge in [-0.1, -0.05) is 88.4 Å². The molecule has 0 bridgehead atoms. The molecule has 36 heavy (non-hydrogen) atoms. The van der Waals surface area contributed by atoms with Gasteiger partial charge in [0.2, 0.25) is 0 Å². The van der Waals surface area contributed by atoms with Crippen molar-refractivity contribution >= 4 is 16.7 Å². The van der Waals surface area contributed by atoms with Crippen molar-refractivity contribution in [2.75, 3.05) is 0 Å². The molecule has 0 aliphatic heterocycles. The summed E-state index contributed by atoms with van der Waals surface area (Å²) in [4.78, 5) is 16.0. The number of aromatic nitrogens is 1. The van der Waals surface area contributed by atoms with E-state index in [1.807, 2.05) is 58.0 Å². The second-order valence-corrected chi connectivity index (χ2v) is 9.54. The zero-order valence-electron chi connectivity index (χ0n) is 21.4. The van der Waals surface area contributed by atoms with Crippen LogP contribution in [0.5, 0.6) is 0 Å². The van der Waals surface area contributed by atoms with Crippen LogP contribution in [0.1, 0.15) is 40.5 Å². The number of carbonyl (C=O) groups excluding carboxylic acids is 1. The van der Waals surface area contributed by atoms with Crippen molar-refractivity contribution < 1.29 is 30.0 Å². The summed E-state index contributed by atoms with van der Waals surface area (Å²) in [5.74, 6) is 0.979. The Morgan fingerprint density at radius 1 is 0.861 bits per heavy atom. The molecule has 0 atom stereocenters. The summed E-state index contributed by atoms with van der Waals surface area (Å²) in [6.07, 6.45) is 2.46. The molecule has 1 N–H and O–H groups in total. The molecule has 0 aliphatic carbocycles. The minimum atomic E-state index is 0. The van der Waals surface area contributed by atoms with Crippen LogP contribution in [0.25, 0.3) is 33.3 Å². The van der Waals surface area contributed by atoms with Crippen LogP contribution in [-0.2, 0) is 24.9 Å². The predicted octanol–water partition coefficient (Wildman–Crippen LogP) is 8.46. The number of carbonyl (C=O) groups is 1. The zero-order chi connectivity index (χ0) is 25.2. The molecular weight excluding hydrogens is 623 g/mol. The van der Waals surface area contributed by atoms with Crippen LogP contribution in [0.15, 0.2) is 96.8 Å². The second-order valence-electron chi connectivity index (χ2n) is 9.54. The fraction of sp³-hybridized carbons (Fsp3) is 0.250. The third kappa shape index (κ3) is 9.18. The number of hydrogen-bond donors (Lipinski definition) is 1. The zero-order valence-corrected chi connectivity index (χ0v) is 23.8. The number of pyridine rings is 1. The van der Waals surface area contributed by atoms with Gasteiger partial charge in [-0.2, -0.15) is 0 Å². The Balaban J connectivity index is 0.000000285. The molecule has 1 radical (unpaired) electrons. The van der Waals surface area contributed by atoms with Crippen molar-refractivity contribution in [3.63, 3.8) is 0 Å². The number of benzene rings is 3. The maximum atomic E-state index is 11.2. The van der Waals surface area contributed by atoms with Crippen LogP contribution >= 0.6 is 0 Å². The van der Waals surface area contributed by atoms with Gasteiger partial charge in [0.05, 0.1) is 11.3 Å². The van der Waals surface area contributed by atoms with E-state index in [4.69, 9.17) is 4.98 Å². The molecule has 0 fully saturated rings. The Bertz CT molecular complexity index is 1280. The smallest absolute Gasteiger partial charge is 0.159 e. The van der Waals surface area contributed by atoms with Gasteiger partial charge >= 0.3 is 0 Å². The van der Waals surface area contributed by atoms with Gasteiger partial charge in [-0.25, -0.2) is 0 Å². The van der Waals surface area contributed by atoms with E-state index in [9.17, 15) is 9.90 Å². The van der Waals surface area contributed by atoms with Gasteiger partial charge in [-0.15, -0.1) is 35.4 Å². The average Bonchev–Trinajstić information content (AvgIpc) is 2.83. The molecule has 0 amide bonds. The van der Waals surface area contributed by atoms with Crippen molar-refractivity contribution in [3.8, 4) is 22.4 Å². The SMILES string of the molecule is CC(C)CC(=O)/C=C(\O)CC(C)C.[Ir].[c-]1ccc(-c2ccccc2)cc1-c1ccc2ccccc2n1. The largest absolute Gasteiger partial charge is 0.512 e. The molecular formula is C32H34IrNO2-. The van der Waals surface area contributed by atoms with Crippen molar-refractivity contribution in [1.82, 2.24) is 4.98 Å². The van der Waals surface area contributed by atoms with Gasteiger partial charge in [0.25, 0.3) is 0 Å². The van der Waals surface area contributed by atoms with Crippen LogP contribution in [0.4, 0.5) is 0 Å². The topological polar surface area (TPSA) is 50.2 Å². The quantitative estimate of drug-likeness (QED) is 0.123. The Kier molecular flexibility index (Phi) is 11.7. The van der Waals surface area contributed by atoms with Gasteiger partial charge in [-0.3, -0.25) is 9.78 Å². The summed E-state index contributed by atoms with van der Waals surface area (Å²) in [5, 5.41) is 10.5. The summed E-state index contributed by atoms with van der Waals surface area (Å²) < 4.78 is 0. The maximum absolute atomic E-state index is 11.2. The molecule has 4 aromatic rings. The molecule has 3 nitrogen and oxygen atoms in total. The van der Waals surface area contributed by atoms with Crippen LogP contribution in [-0.4, -0.2) is 15.9 Å². The minimum Gasteiger partial charge on any atom is -0.512 e. The molecule has 189 valence electrons. The van der Waals surface area contributed by atoms with E-state index in [0.717, 1.165) is 22.2 Å². The molecule has 4 heteroatoms. The van der Waals surface area contributed by atoms with Crippen molar-refractivity contribution in [1.29, 1.82) is 0 Å². The fourth-order valence-corrected chi connectivity index (χ4v) is 3.76. The van der Waals surface area contributed by atoms with Crippen molar-refractivity contribution in [2.24, 2.45) is 11.8 Å². The van der Waals surface area contributed by atoms with Crippen LogP contribution in [0, 0.1) is 17.9 Å². The Morgan fingerprint density at radius 3 is 2.22 bits per heavy atom. The van der Waals surface area contributed by atoms with Crippen molar-refractivity contribution in [2.45, 2.75) is 40.5 Å². The van der Waals surface area contributed by atoms with E-state index in [0.29, 0.717) is 24.7 Å². The Hall–Kier alpha value is -3.07. The first-order chi connectivity index (χ1) is 16.8. The standard InChI is InChI=1S/C21H14N.C11H20O2.Ir/c1-2-7-16(8-3-1)18-10-6-11-19(15-18)21-14-13-17-9-4-5-12-20(17)22-21;1-8(2)5-10(12)7-11(13)6-9(3)4;/h1-10,12-15H;7-9,12H,5-6H2,1-4H3;/q-1;;/b;10-7-;. The van der Waals surface area contributed by atoms with Gasteiger partial charge in [-0.05, 0) is 34.5 Å². The maximum Gasteiger partial charge on any atom is 0.159 e. The second kappa shape index (κ2) is 14.5. The van der Waals surface area contributed by atoms with E-state index < -0.39 is 0 Å². The number of para-hydroxylation sites is 1. The molecule has 0 saturated heterocycles. The van der Waals surface area contributed by atoms with E-state index in [1.165, 1.54) is 17.2 Å². The van der Waals surface area contributed by atoms with Gasteiger partial charge in [0, 0.05) is 39.0 Å². The van der Waals surface area contributed by atoms with Gasteiger partial charge in [0.1, 0.15) is 0 Å². The molecule has 0 spiro atoms. The van der Waals surface area contributed by atoms with E-state index in [1.54, 1.807) is 0 Å². The summed E-state index contributed by atoms with van der Waals surface area (Å²) in [6, 6.07) is 32.2. The third-order valence-electron chi connectivity index (χ3n) is 5.34. The molecule has 0 aliphatic rings. The Morgan fingerprint density at radius 2 is 1.53 bits per heavy atom. The molecule has 1 heterocycles. The van der Waals surface area contributed by atoms with Gasteiger partial charge < -0.3 is 5.11 Å². The first-order valence-corrected chi connectivity index (χ1v) is 12.2. The normalized spacial score (nSPS) is 11.1. The first kappa shape index (κ1) is 29.2. The summed E-state index contributed by atoms with van der Waals surface area (Å²) in [7, 11) is 0. The van der Waals surface area contributed by atoms with E-state index in [-0.39, 0.29) is 31.6 Å². The van der Waals surface area contributed by atoms with Crippen LogP contribution in [0.3, 0.4) is 0 Å². The van der Waals surface area contributed by atoms with E-state index >= 15 is 0 Å². The Labute approximate surface area is 228 Å². The van der Waals surface area contributed by atoms with E-state index in [2.05, 4.69) is 60.7 Å². The summed E-state index contributed by atoms with van der Waals surface area (Å²) in [5.41, 5.74) is 5.38. The first-order valence-electron chi connectivity index (χ1n) is 12.2. The van der Waals surface area contributed by atoms with Gasteiger partial charge in [0.15, 0.2) is 5.78 Å². The monoisotopic (exact) mass is 657 g/mol. The molecule has 0 saturated carbocycles. The van der Waals surface area contributed by atoms with Crippen LogP contribution in [0.2, 0.25) is 0 Å². The number of rotatable bonds is 7. The number of aliphatic hydroxyl groups is 1. The molecule has 3 aromatic carbocycles. The molecule has 1 aromatic heterocycles. The van der Waals surface area contributed by atoms with Crippen molar-refractivity contribution in [3.05, 3.63) is 103 Å². The number of aliphatic hydroxyl groups excluding tert-OH is 1.